The van der Waals surface area contributed by atoms with Crippen LogP contribution in [0.1, 0.15) is 47.2 Å². The third-order valence-corrected chi connectivity index (χ3v) is 14.3. The molecule has 13 rings (SSSR count). The van der Waals surface area contributed by atoms with Crippen LogP contribution in [0.15, 0.2) is 229 Å². The molecule has 2 nitrogen and oxygen atoms in total. The molecule has 1 aromatic heterocycles. The summed E-state index contributed by atoms with van der Waals surface area (Å²) in [4.78, 5) is 2.52. The van der Waals surface area contributed by atoms with Crippen molar-refractivity contribution in [2.75, 3.05) is 4.90 Å². The SMILES string of the molecule is CC1(C)c2ccccc2-c2ccc(N(c3ccc4c(c3)C(c3ccccc3)(c3ccccc3)c3ccccc3-4)c3cc(-c4ccccc4)cc4oc5c6ccccc6ccc5c34)cc21. The zero-order chi connectivity index (χ0) is 42.6. The maximum absolute atomic E-state index is 7.08. The molecule has 0 saturated heterocycles. The Morgan fingerprint density at radius 1 is 0.391 bits per heavy atom. The third-order valence-electron chi connectivity index (χ3n) is 14.3. The molecule has 0 unspecified atom stereocenters. The molecule has 2 heteroatoms. The van der Waals surface area contributed by atoms with E-state index in [4.69, 9.17) is 4.42 Å². The topological polar surface area (TPSA) is 16.4 Å². The standard InChI is InChI=1S/C62H43NO/c1-61(2)53-28-16-14-26-48(53)50-34-31-45(38-55(50)61)63(57-36-42(40-18-6-3-7-19-40)37-58-59(57)52-33-30-41-20-12-13-25-47(41)60(52)64-58)46-32-35-51-49-27-15-17-29-54(49)62(56(51)39-46,43-21-8-4-9-22-43)44-23-10-5-11-24-44/h3-39H,1-2H3. The lowest BCUT2D eigenvalue weighted by atomic mass is 9.67. The van der Waals surface area contributed by atoms with Gasteiger partial charge in [0.25, 0.3) is 0 Å². The van der Waals surface area contributed by atoms with Gasteiger partial charge in [0.15, 0.2) is 0 Å². The average molecular weight is 818 g/mol. The van der Waals surface area contributed by atoms with Gasteiger partial charge >= 0.3 is 0 Å². The van der Waals surface area contributed by atoms with Crippen LogP contribution in [0.5, 0.6) is 0 Å². The van der Waals surface area contributed by atoms with Crippen molar-refractivity contribution in [1.82, 2.24) is 0 Å². The molecule has 0 saturated carbocycles. The van der Waals surface area contributed by atoms with Gasteiger partial charge in [-0.1, -0.05) is 196 Å². The second-order valence-corrected chi connectivity index (χ2v) is 18.0. The molecule has 0 N–H and O–H groups in total. The average Bonchev–Trinajstić information content (AvgIpc) is 3.96. The van der Waals surface area contributed by atoms with Crippen LogP contribution in [0.3, 0.4) is 0 Å². The van der Waals surface area contributed by atoms with Crippen molar-refractivity contribution in [3.05, 3.63) is 258 Å². The molecule has 64 heavy (non-hydrogen) atoms. The summed E-state index contributed by atoms with van der Waals surface area (Å²) in [7, 11) is 0. The van der Waals surface area contributed by atoms with Crippen LogP contribution in [0, 0.1) is 0 Å². The van der Waals surface area contributed by atoms with Gasteiger partial charge in [-0.2, -0.15) is 0 Å². The van der Waals surface area contributed by atoms with Crippen LogP contribution < -0.4 is 4.90 Å². The fourth-order valence-electron chi connectivity index (χ4n) is 11.4. The Morgan fingerprint density at radius 3 is 1.64 bits per heavy atom. The molecule has 0 atom stereocenters. The fraction of sp³-hybridized carbons (Fsp3) is 0.0645. The minimum absolute atomic E-state index is 0.189. The molecule has 0 spiro atoms. The maximum atomic E-state index is 7.08. The van der Waals surface area contributed by atoms with Crippen LogP contribution in [0.4, 0.5) is 17.1 Å². The lowest BCUT2D eigenvalue weighted by Crippen LogP contribution is -2.28. The van der Waals surface area contributed by atoms with E-state index in [1.54, 1.807) is 0 Å². The summed E-state index contributed by atoms with van der Waals surface area (Å²) >= 11 is 0. The molecule has 0 bridgehead atoms. The molecular weight excluding hydrogens is 775 g/mol. The second-order valence-electron chi connectivity index (χ2n) is 18.0. The van der Waals surface area contributed by atoms with Gasteiger partial charge in [-0.3, -0.25) is 0 Å². The summed E-state index contributed by atoms with van der Waals surface area (Å²) in [5, 5.41) is 4.45. The van der Waals surface area contributed by atoms with Crippen LogP contribution in [-0.4, -0.2) is 0 Å². The van der Waals surface area contributed by atoms with Crippen molar-refractivity contribution < 1.29 is 4.42 Å². The molecule has 0 fully saturated rings. The maximum Gasteiger partial charge on any atom is 0.143 e. The largest absolute Gasteiger partial charge is 0.455 e. The second kappa shape index (κ2) is 13.8. The molecular formula is C62H43NO. The van der Waals surface area contributed by atoms with Crippen molar-refractivity contribution in [2.24, 2.45) is 0 Å². The number of anilines is 3. The predicted octanol–water partition coefficient (Wildman–Crippen LogP) is 16.5. The van der Waals surface area contributed by atoms with E-state index >= 15 is 0 Å². The number of fused-ring (bicyclic) bond motifs is 11. The summed E-state index contributed by atoms with van der Waals surface area (Å²) < 4.78 is 7.08. The molecule has 0 radical (unpaired) electrons. The summed E-state index contributed by atoms with van der Waals surface area (Å²) in [6.45, 7) is 4.74. The first-order valence-corrected chi connectivity index (χ1v) is 22.3. The van der Waals surface area contributed by atoms with Gasteiger partial charge in [0, 0.05) is 27.6 Å². The number of rotatable bonds is 6. The first kappa shape index (κ1) is 36.7. The highest BCUT2D eigenvalue weighted by molar-refractivity contribution is 6.20. The fourth-order valence-corrected chi connectivity index (χ4v) is 11.4. The zero-order valence-corrected chi connectivity index (χ0v) is 35.7. The van der Waals surface area contributed by atoms with E-state index in [0.717, 1.165) is 60.9 Å². The van der Waals surface area contributed by atoms with Crippen LogP contribution in [-0.2, 0) is 10.8 Å². The first-order chi connectivity index (χ1) is 31.5. The van der Waals surface area contributed by atoms with Gasteiger partial charge in [-0.25, -0.2) is 0 Å². The zero-order valence-electron chi connectivity index (χ0n) is 35.7. The predicted molar refractivity (Wildman–Crippen MR) is 266 cm³/mol. The molecule has 302 valence electrons. The Balaban J connectivity index is 1.15. The van der Waals surface area contributed by atoms with E-state index in [1.165, 1.54) is 55.6 Å². The summed E-state index contributed by atoms with van der Waals surface area (Å²) in [5.41, 5.74) is 19.4. The first-order valence-electron chi connectivity index (χ1n) is 22.3. The Labute approximate surface area is 373 Å². The van der Waals surface area contributed by atoms with Crippen molar-refractivity contribution in [3.63, 3.8) is 0 Å². The normalized spacial score (nSPS) is 14.0. The summed E-state index contributed by atoms with van der Waals surface area (Å²) in [5.74, 6) is 0. The van der Waals surface area contributed by atoms with Crippen LogP contribution >= 0.6 is 0 Å². The monoisotopic (exact) mass is 817 g/mol. The molecule has 11 aromatic rings. The highest BCUT2D eigenvalue weighted by Gasteiger charge is 2.46. The lowest BCUT2D eigenvalue weighted by Gasteiger charge is -2.35. The molecule has 2 aliphatic rings. The highest BCUT2D eigenvalue weighted by atomic mass is 16.3. The van der Waals surface area contributed by atoms with Crippen molar-refractivity contribution in [1.29, 1.82) is 0 Å². The van der Waals surface area contributed by atoms with E-state index in [9.17, 15) is 0 Å². The molecule has 1 heterocycles. The quantitative estimate of drug-likeness (QED) is 0.166. The Morgan fingerprint density at radius 2 is 0.938 bits per heavy atom. The molecule has 0 aliphatic heterocycles. The smallest absolute Gasteiger partial charge is 0.143 e. The molecule has 10 aromatic carbocycles. The number of benzene rings is 10. The van der Waals surface area contributed by atoms with Gasteiger partial charge in [-0.05, 0) is 115 Å². The number of hydrogen-bond donors (Lipinski definition) is 0. The molecule has 0 amide bonds. The van der Waals surface area contributed by atoms with Gasteiger partial charge in [0.1, 0.15) is 11.2 Å². The van der Waals surface area contributed by atoms with E-state index in [-0.39, 0.29) is 5.41 Å². The Kier molecular flexibility index (Phi) is 7.90. The number of hydrogen-bond acceptors (Lipinski definition) is 2. The Bertz CT molecular complexity index is 3600. The van der Waals surface area contributed by atoms with Crippen molar-refractivity contribution >= 4 is 49.8 Å². The van der Waals surface area contributed by atoms with Crippen molar-refractivity contribution in [2.45, 2.75) is 24.7 Å². The van der Waals surface area contributed by atoms with Crippen LogP contribution in [0.2, 0.25) is 0 Å². The lowest BCUT2D eigenvalue weighted by molar-refractivity contribution is 0.660. The summed E-state index contributed by atoms with van der Waals surface area (Å²) in [6.07, 6.45) is 0. The highest BCUT2D eigenvalue weighted by Crippen LogP contribution is 2.58. The Hall–Kier alpha value is -7.94. The van der Waals surface area contributed by atoms with Gasteiger partial charge in [-0.15, -0.1) is 0 Å². The number of furan rings is 1. The van der Waals surface area contributed by atoms with Gasteiger partial charge in [0.05, 0.1) is 16.5 Å². The summed E-state index contributed by atoms with van der Waals surface area (Å²) in [6, 6.07) is 82.8. The van der Waals surface area contributed by atoms with E-state index in [0.29, 0.717) is 0 Å². The van der Waals surface area contributed by atoms with E-state index in [2.05, 4.69) is 243 Å². The minimum Gasteiger partial charge on any atom is -0.455 e. The minimum atomic E-state index is -0.555. The van der Waals surface area contributed by atoms with Crippen LogP contribution in [0.25, 0.3) is 66.1 Å². The number of nitrogens with zero attached hydrogens (tertiary/aromatic N) is 1. The van der Waals surface area contributed by atoms with Gasteiger partial charge < -0.3 is 9.32 Å². The van der Waals surface area contributed by atoms with E-state index < -0.39 is 5.41 Å². The third kappa shape index (κ3) is 5.14. The van der Waals surface area contributed by atoms with E-state index in [1.807, 2.05) is 0 Å². The van der Waals surface area contributed by atoms with Crippen molar-refractivity contribution in [3.8, 4) is 33.4 Å². The molecule has 2 aliphatic carbocycles. The van der Waals surface area contributed by atoms with Gasteiger partial charge in [0.2, 0.25) is 0 Å².